The highest BCUT2D eigenvalue weighted by molar-refractivity contribution is 6.10. The summed E-state index contributed by atoms with van der Waals surface area (Å²) in [7, 11) is 1.68. The molecule has 160 valence electrons. The fourth-order valence-electron chi connectivity index (χ4n) is 5.17. The number of ketones is 2. The molecule has 1 aliphatic carbocycles. The lowest BCUT2D eigenvalue weighted by atomic mass is 9.69. The first-order valence-corrected chi connectivity index (χ1v) is 10.5. The van der Waals surface area contributed by atoms with E-state index >= 15 is 0 Å². The minimum absolute atomic E-state index is 0.0227. The number of aryl methyl sites for hydroxylation is 2. The summed E-state index contributed by atoms with van der Waals surface area (Å²) < 4.78 is 14.8. The number of halogens is 1. The van der Waals surface area contributed by atoms with Gasteiger partial charge in [-0.05, 0) is 67.3 Å². The van der Waals surface area contributed by atoms with Crippen molar-refractivity contribution in [3.05, 3.63) is 47.0 Å². The van der Waals surface area contributed by atoms with E-state index in [1.165, 1.54) is 10.9 Å². The van der Waals surface area contributed by atoms with E-state index in [4.69, 9.17) is 4.84 Å². The lowest BCUT2D eigenvalue weighted by Crippen LogP contribution is -2.40. The molecule has 2 aliphatic rings. The Morgan fingerprint density at radius 2 is 1.63 bits per heavy atom. The van der Waals surface area contributed by atoms with Crippen LogP contribution < -0.4 is 0 Å². The van der Waals surface area contributed by atoms with Gasteiger partial charge in [0, 0.05) is 25.9 Å². The zero-order valence-electron chi connectivity index (χ0n) is 17.7. The van der Waals surface area contributed by atoms with Crippen LogP contribution in [0.25, 0.3) is 5.69 Å². The molecule has 0 unspecified atom stereocenters. The first kappa shape index (κ1) is 20.9. The highest BCUT2D eigenvalue weighted by Gasteiger charge is 2.41. The molecule has 0 N–H and O–H groups in total. The molecule has 0 amide bonds. The molecule has 6 nitrogen and oxygen atoms in total. The number of benzene rings is 1. The number of hydroxylamine groups is 2. The number of carbonyl (C=O) groups is 2. The molecule has 2 fully saturated rings. The quantitative estimate of drug-likeness (QED) is 0.718. The van der Waals surface area contributed by atoms with Gasteiger partial charge in [0.1, 0.15) is 17.5 Å². The van der Waals surface area contributed by atoms with Crippen molar-refractivity contribution in [1.82, 2.24) is 14.8 Å². The average Bonchev–Trinajstić information content (AvgIpc) is 3.15. The number of piperidine rings is 1. The van der Waals surface area contributed by atoms with Crippen molar-refractivity contribution in [3.8, 4) is 5.69 Å². The van der Waals surface area contributed by atoms with E-state index in [0.29, 0.717) is 18.8 Å². The molecule has 1 aromatic carbocycles. The molecule has 0 spiro atoms. The van der Waals surface area contributed by atoms with E-state index in [9.17, 15) is 14.0 Å². The van der Waals surface area contributed by atoms with Crippen molar-refractivity contribution in [2.24, 2.45) is 11.8 Å². The van der Waals surface area contributed by atoms with Crippen LogP contribution in [0.5, 0.6) is 0 Å². The highest BCUT2D eigenvalue weighted by atomic mass is 19.1. The Morgan fingerprint density at radius 3 is 2.13 bits per heavy atom. The third-order valence-corrected chi connectivity index (χ3v) is 6.68. The second kappa shape index (κ2) is 8.40. The Hall–Kier alpha value is -2.38. The van der Waals surface area contributed by atoms with Crippen molar-refractivity contribution in [3.63, 3.8) is 0 Å². The number of nitrogens with zero attached hydrogens (tertiary/aromatic N) is 3. The topological polar surface area (TPSA) is 64.4 Å². The summed E-state index contributed by atoms with van der Waals surface area (Å²) in [5, 5.41) is 5.94. The summed E-state index contributed by atoms with van der Waals surface area (Å²) in [6.45, 7) is 5.49. The molecule has 7 heteroatoms. The normalized spacial score (nSPS) is 23.9. The predicted octanol–water partition coefficient (Wildman–Crippen LogP) is 3.53. The van der Waals surface area contributed by atoms with Crippen LogP contribution in [-0.2, 0) is 14.4 Å². The Balaban J connectivity index is 1.54. The molecule has 1 aliphatic heterocycles. The van der Waals surface area contributed by atoms with Gasteiger partial charge in [-0.1, -0.05) is 0 Å². The number of aromatic nitrogens is 2. The maximum atomic E-state index is 13.3. The average molecular weight is 413 g/mol. The Kier molecular flexibility index (Phi) is 5.84. The molecular formula is C23H28FN3O3. The molecule has 1 saturated heterocycles. The maximum absolute atomic E-state index is 13.3. The molecule has 1 saturated carbocycles. The minimum Gasteiger partial charge on any atom is -0.302 e. The zero-order chi connectivity index (χ0) is 21.4. The number of hydrogen-bond acceptors (Lipinski definition) is 5. The van der Waals surface area contributed by atoms with Gasteiger partial charge in [0.15, 0.2) is 5.82 Å². The van der Waals surface area contributed by atoms with Crippen LogP contribution >= 0.6 is 0 Å². The van der Waals surface area contributed by atoms with Crippen LogP contribution in [0.3, 0.4) is 0 Å². The van der Waals surface area contributed by atoms with Crippen LogP contribution in [-0.4, -0.2) is 46.6 Å². The molecule has 4 rings (SSSR count). The highest BCUT2D eigenvalue weighted by Crippen LogP contribution is 2.40. The smallest absolute Gasteiger partial charge is 0.161 e. The fourth-order valence-corrected chi connectivity index (χ4v) is 5.17. The first-order valence-electron chi connectivity index (χ1n) is 10.5. The zero-order valence-corrected chi connectivity index (χ0v) is 17.7. The SMILES string of the molecule is CON1CCC(C2CC(=O)C(c3c(C)cc(-n4cc(F)cn4)cc3C)C(=O)C2)CC1. The second-order valence-electron chi connectivity index (χ2n) is 8.58. The van der Waals surface area contributed by atoms with Gasteiger partial charge in [0.05, 0.1) is 25.2 Å². The summed E-state index contributed by atoms with van der Waals surface area (Å²) in [4.78, 5) is 31.5. The van der Waals surface area contributed by atoms with Crippen molar-refractivity contribution in [2.75, 3.05) is 20.2 Å². The van der Waals surface area contributed by atoms with Crippen molar-refractivity contribution < 1.29 is 18.8 Å². The molecule has 0 radical (unpaired) electrons. The number of rotatable bonds is 4. The standard InChI is InChI=1S/C23H28FN3O3/c1-14-8-19(27-13-18(24)12-25-27)9-15(2)22(14)23-20(28)10-17(11-21(23)29)16-4-6-26(30-3)7-5-16/h8-9,12-13,16-17,23H,4-7,10-11H2,1-3H3. The number of carbonyl (C=O) groups excluding carboxylic acids is 2. The lowest BCUT2D eigenvalue weighted by molar-refractivity contribution is -0.153. The minimum atomic E-state index is -0.691. The van der Waals surface area contributed by atoms with E-state index in [0.717, 1.165) is 54.5 Å². The molecular weight excluding hydrogens is 385 g/mol. The van der Waals surface area contributed by atoms with Crippen LogP contribution in [0, 0.1) is 31.5 Å². The molecule has 2 aromatic rings. The number of Topliss-reactive ketones (excluding diaryl/α,β-unsaturated/α-hetero) is 2. The van der Waals surface area contributed by atoms with Gasteiger partial charge in [-0.25, -0.2) is 9.07 Å². The second-order valence-corrected chi connectivity index (χ2v) is 8.58. The Morgan fingerprint density at radius 1 is 1.03 bits per heavy atom. The van der Waals surface area contributed by atoms with E-state index < -0.39 is 11.7 Å². The molecule has 2 heterocycles. The summed E-state index contributed by atoms with van der Waals surface area (Å²) >= 11 is 0. The van der Waals surface area contributed by atoms with E-state index in [1.807, 2.05) is 31.0 Å². The van der Waals surface area contributed by atoms with Gasteiger partial charge in [-0.3, -0.25) is 9.59 Å². The van der Waals surface area contributed by atoms with Crippen LogP contribution in [0.2, 0.25) is 0 Å². The van der Waals surface area contributed by atoms with E-state index in [1.54, 1.807) is 7.11 Å². The monoisotopic (exact) mass is 413 g/mol. The van der Waals surface area contributed by atoms with Gasteiger partial charge in [0.25, 0.3) is 0 Å². The summed E-state index contributed by atoms with van der Waals surface area (Å²) in [6.07, 6.45) is 5.29. The van der Waals surface area contributed by atoms with Crippen LogP contribution in [0.4, 0.5) is 4.39 Å². The van der Waals surface area contributed by atoms with Gasteiger partial charge in [-0.2, -0.15) is 10.2 Å². The van der Waals surface area contributed by atoms with E-state index in [2.05, 4.69) is 5.10 Å². The molecule has 0 atom stereocenters. The largest absolute Gasteiger partial charge is 0.302 e. The Bertz CT molecular complexity index is 921. The third-order valence-electron chi connectivity index (χ3n) is 6.68. The van der Waals surface area contributed by atoms with Crippen LogP contribution in [0.1, 0.15) is 48.3 Å². The first-order chi connectivity index (χ1) is 14.4. The van der Waals surface area contributed by atoms with Gasteiger partial charge in [0.2, 0.25) is 0 Å². The molecule has 30 heavy (non-hydrogen) atoms. The number of hydrogen-bond donors (Lipinski definition) is 0. The molecule has 1 aromatic heterocycles. The van der Waals surface area contributed by atoms with Gasteiger partial charge >= 0.3 is 0 Å². The van der Waals surface area contributed by atoms with Crippen molar-refractivity contribution in [1.29, 1.82) is 0 Å². The molecule has 0 bridgehead atoms. The van der Waals surface area contributed by atoms with Gasteiger partial charge < -0.3 is 4.84 Å². The summed E-state index contributed by atoms with van der Waals surface area (Å²) in [5.74, 6) is -0.529. The lowest BCUT2D eigenvalue weighted by Gasteiger charge is -2.37. The summed E-state index contributed by atoms with van der Waals surface area (Å²) in [5.41, 5.74) is 3.24. The van der Waals surface area contributed by atoms with Gasteiger partial charge in [-0.15, -0.1) is 0 Å². The summed E-state index contributed by atoms with van der Waals surface area (Å²) in [6, 6.07) is 3.73. The van der Waals surface area contributed by atoms with Crippen molar-refractivity contribution in [2.45, 2.75) is 45.4 Å². The van der Waals surface area contributed by atoms with Crippen molar-refractivity contribution >= 4 is 11.6 Å². The van der Waals surface area contributed by atoms with Crippen LogP contribution in [0.15, 0.2) is 24.5 Å². The predicted molar refractivity (Wildman–Crippen MR) is 110 cm³/mol. The Labute approximate surface area is 176 Å². The maximum Gasteiger partial charge on any atom is 0.161 e. The third kappa shape index (κ3) is 3.96. The van der Waals surface area contributed by atoms with E-state index in [-0.39, 0.29) is 17.5 Å². The fraction of sp³-hybridized carbons (Fsp3) is 0.522.